The number of fused-ring (bicyclic) bond motifs is 3. The summed E-state index contributed by atoms with van der Waals surface area (Å²) < 4.78 is 22.8. The predicted octanol–water partition coefficient (Wildman–Crippen LogP) is 2.09. The lowest BCUT2D eigenvalue weighted by Crippen LogP contribution is -2.59. The summed E-state index contributed by atoms with van der Waals surface area (Å²) in [5.41, 5.74) is -0.420. The first-order valence-electron chi connectivity index (χ1n) is 10.1. The van der Waals surface area contributed by atoms with Crippen molar-refractivity contribution in [2.24, 2.45) is 5.41 Å². The van der Waals surface area contributed by atoms with Gasteiger partial charge in [-0.2, -0.15) is 0 Å². The molecule has 0 aliphatic carbocycles. The molecule has 0 unspecified atom stereocenters. The van der Waals surface area contributed by atoms with E-state index in [2.05, 4.69) is 6.92 Å². The number of nitrogens with zero attached hydrogens (tertiary/aromatic N) is 1. The predicted molar refractivity (Wildman–Crippen MR) is 101 cm³/mol. The van der Waals surface area contributed by atoms with Gasteiger partial charge in [-0.1, -0.05) is 38.7 Å². The molecular formula is C20H35NO6. The van der Waals surface area contributed by atoms with E-state index in [9.17, 15) is 4.79 Å². The molecule has 0 spiro atoms. The number of hydrogen-bond acceptors (Lipinski definition) is 7. The van der Waals surface area contributed by atoms with E-state index in [-0.39, 0.29) is 19.2 Å². The average molecular weight is 386 g/mol. The van der Waals surface area contributed by atoms with Crippen molar-refractivity contribution in [3.05, 3.63) is 12.2 Å². The van der Waals surface area contributed by atoms with Gasteiger partial charge in [-0.15, -0.1) is 0 Å². The molecule has 3 saturated heterocycles. The fraction of sp³-hybridized carbons (Fsp3) is 0.850. The highest BCUT2D eigenvalue weighted by molar-refractivity contribution is 5.82. The van der Waals surface area contributed by atoms with Gasteiger partial charge in [0.15, 0.2) is 0 Å². The second-order valence-corrected chi connectivity index (χ2v) is 7.60. The molecule has 27 heavy (non-hydrogen) atoms. The Morgan fingerprint density at radius 1 is 1.11 bits per heavy atom. The van der Waals surface area contributed by atoms with E-state index >= 15 is 0 Å². The number of likely N-dealkylation sites (N-methyl/N-ethyl adjacent to an activating group) is 1. The third kappa shape index (κ3) is 7.16. The lowest BCUT2D eigenvalue weighted by atomic mass is 9.88. The fourth-order valence-electron chi connectivity index (χ4n) is 3.19. The van der Waals surface area contributed by atoms with E-state index in [4.69, 9.17) is 24.1 Å². The Kier molecular flexibility index (Phi) is 9.18. The molecule has 0 aromatic carbocycles. The number of aliphatic hydroxyl groups excluding tert-OH is 1. The van der Waals surface area contributed by atoms with Crippen molar-refractivity contribution in [2.45, 2.75) is 51.4 Å². The van der Waals surface area contributed by atoms with Crippen LogP contribution >= 0.6 is 0 Å². The number of rotatable bonds is 13. The van der Waals surface area contributed by atoms with Crippen LogP contribution in [0.5, 0.6) is 0 Å². The Morgan fingerprint density at radius 2 is 1.78 bits per heavy atom. The summed E-state index contributed by atoms with van der Waals surface area (Å²) in [5.74, 6) is -1.28. The van der Waals surface area contributed by atoms with Gasteiger partial charge >= 0.3 is 5.97 Å². The van der Waals surface area contributed by atoms with Crippen LogP contribution in [0.1, 0.15) is 45.4 Å². The zero-order chi connectivity index (χ0) is 19.6. The molecular weight excluding hydrogens is 350 g/mol. The molecule has 3 aliphatic heterocycles. The molecule has 3 fully saturated rings. The van der Waals surface area contributed by atoms with Gasteiger partial charge in [0.25, 0.3) is 5.97 Å². The smallest absolute Gasteiger partial charge is 0.330 e. The van der Waals surface area contributed by atoms with Crippen molar-refractivity contribution < 1.29 is 28.8 Å². The first-order valence-corrected chi connectivity index (χ1v) is 10.1. The van der Waals surface area contributed by atoms with Crippen LogP contribution in [0.4, 0.5) is 0 Å². The summed E-state index contributed by atoms with van der Waals surface area (Å²) in [6.07, 6.45) is 9.89. The molecule has 7 nitrogen and oxygen atoms in total. The highest BCUT2D eigenvalue weighted by Gasteiger charge is 2.51. The van der Waals surface area contributed by atoms with Gasteiger partial charge in [-0.25, -0.2) is 4.79 Å². The molecule has 3 heterocycles. The van der Waals surface area contributed by atoms with E-state index in [1.54, 1.807) is 6.08 Å². The number of hydrogen-bond donors (Lipinski definition) is 1. The van der Waals surface area contributed by atoms with Crippen LogP contribution in [0, 0.1) is 5.41 Å². The SMILES string of the molecule is CCCCCCCC12OCC(C=CC(=O)OCCN(C)CCO)(CO1)CO2. The molecule has 2 bridgehead atoms. The number of carbonyl (C=O) groups excluding carboxylic acids is 1. The van der Waals surface area contributed by atoms with Crippen molar-refractivity contribution in [3.63, 3.8) is 0 Å². The summed E-state index contributed by atoms with van der Waals surface area (Å²) in [6.45, 7) is 5.20. The topological polar surface area (TPSA) is 77.5 Å². The van der Waals surface area contributed by atoms with E-state index in [0.717, 1.165) is 19.3 Å². The maximum absolute atomic E-state index is 11.9. The summed E-state index contributed by atoms with van der Waals surface area (Å²) in [4.78, 5) is 13.8. The van der Waals surface area contributed by atoms with Crippen molar-refractivity contribution in [3.8, 4) is 0 Å². The van der Waals surface area contributed by atoms with Crippen LogP contribution in [-0.4, -0.2) is 75.1 Å². The first-order chi connectivity index (χ1) is 13.0. The Hall–Kier alpha value is -0.990. The Labute approximate surface area is 162 Å². The molecule has 0 aromatic heterocycles. The van der Waals surface area contributed by atoms with Crippen molar-refractivity contribution in [1.82, 2.24) is 4.90 Å². The molecule has 3 aliphatic rings. The standard InChI is InChI=1S/C20H35NO6/c1-3-4-5-6-7-9-20-25-15-19(16-26-20,17-27-20)10-8-18(23)24-14-12-21(2)11-13-22/h8,10,22H,3-7,9,11-17H2,1-2H3. The summed E-state index contributed by atoms with van der Waals surface area (Å²) in [7, 11) is 1.87. The zero-order valence-electron chi connectivity index (χ0n) is 16.8. The molecule has 156 valence electrons. The second-order valence-electron chi connectivity index (χ2n) is 7.60. The number of esters is 1. The average Bonchev–Trinajstić information content (AvgIpc) is 2.68. The van der Waals surface area contributed by atoms with Crippen molar-refractivity contribution >= 4 is 5.97 Å². The monoisotopic (exact) mass is 385 g/mol. The Balaban J connectivity index is 1.69. The lowest BCUT2D eigenvalue weighted by molar-refractivity contribution is -0.463. The van der Waals surface area contributed by atoms with Gasteiger partial charge < -0.3 is 29.0 Å². The minimum absolute atomic E-state index is 0.0904. The third-order valence-corrected chi connectivity index (χ3v) is 5.10. The molecule has 0 saturated carbocycles. The van der Waals surface area contributed by atoms with Gasteiger partial charge in [0.05, 0.1) is 31.8 Å². The zero-order valence-corrected chi connectivity index (χ0v) is 16.8. The lowest BCUT2D eigenvalue weighted by Gasteiger charge is -2.50. The van der Waals surface area contributed by atoms with Gasteiger partial charge in [-0.05, 0) is 13.5 Å². The van der Waals surface area contributed by atoms with Crippen LogP contribution in [0.3, 0.4) is 0 Å². The maximum Gasteiger partial charge on any atom is 0.330 e. The Bertz CT molecular complexity index is 457. The van der Waals surface area contributed by atoms with Crippen LogP contribution in [0.15, 0.2) is 12.2 Å². The normalized spacial score (nSPS) is 27.6. The Morgan fingerprint density at radius 3 is 2.41 bits per heavy atom. The van der Waals surface area contributed by atoms with Gasteiger partial charge in [0.2, 0.25) is 0 Å². The number of ether oxygens (including phenoxy) is 4. The molecule has 1 N–H and O–H groups in total. The first kappa shape index (κ1) is 22.3. The molecule has 3 rings (SSSR count). The van der Waals surface area contributed by atoms with Crippen LogP contribution in [0.2, 0.25) is 0 Å². The highest BCUT2D eigenvalue weighted by Crippen LogP contribution is 2.41. The van der Waals surface area contributed by atoms with Crippen LogP contribution in [-0.2, 0) is 23.7 Å². The third-order valence-electron chi connectivity index (χ3n) is 5.10. The summed E-state index contributed by atoms with van der Waals surface area (Å²) in [6, 6.07) is 0. The minimum Gasteiger partial charge on any atom is -0.461 e. The largest absolute Gasteiger partial charge is 0.461 e. The highest BCUT2D eigenvalue weighted by atomic mass is 16.9. The fourth-order valence-corrected chi connectivity index (χ4v) is 3.19. The van der Waals surface area contributed by atoms with Gasteiger partial charge in [-0.3, -0.25) is 0 Å². The second kappa shape index (κ2) is 11.1. The summed E-state index contributed by atoms with van der Waals surface area (Å²) >= 11 is 0. The molecule has 0 atom stereocenters. The van der Waals surface area contributed by atoms with Crippen LogP contribution < -0.4 is 0 Å². The van der Waals surface area contributed by atoms with E-state index in [0.29, 0.717) is 32.9 Å². The molecule has 7 heteroatoms. The number of carbonyl (C=O) groups is 1. The van der Waals surface area contributed by atoms with Gasteiger partial charge in [0, 0.05) is 25.6 Å². The number of unbranched alkanes of at least 4 members (excludes halogenated alkanes) is 4. The van der Waals surface area contributed by atoms with E-state index < -0.39 is 11.4 Å². The molecule has 0 amide bonds. The van der Waals surface area contributed by atoms with E-state index in [1.165, 1.54) is 25.3 Å². The number of aliphatic hydroxyl groups is 1. The minimum atomic E-state index is -0.889. The summed E-state index contributed by atoms with van der Waals surface area (Å²) in [5, 5.41) is 8.84. The van der Waals surface area contributed by atoms with E-state index in [1.807, 2.05) is 11.9 Å². The van der Waals surface area contributed by atoms with Crippen molar-refractivity contribution in [2.75, 3.05) is 53.2 Å². The van der Waals surface area contributed by atoms with Crippen LogP contribution in [0.25, 0.3) is 0 Å². The van der Waals surface area contributed by atoms with Gasteiger partial charge in [0.1, 0.15) is 6.61 Å². The quantitative estimate of drug-likeness (QED) is 0.295. The maximum atomic E-state index is 11.9. The molecule has 0 radical (unpaired) electrons. The van der Waals surface area contributed by atoms with Crippen molar-refractivity contribution in [1.29, 1.82) is 0 Å². The molecule has 0 aromatic rings.